The average molecular weight is 292 g/mol. The molecule has 0 amide bonds. The predicted molar refractivity (Wildman–Crippen MR) is 40.1 cm³/mol. The highest BCUT2D eigenvalue weighted by Crippen LogP contribution is 2.52. The maximum absolute atomic E-state index is 12.6. The zero-order valence-electron chi connectivity index (χ0n) is 8.78. The van der Waals surface area contributed by atoms with Crippen LogP contribution in [0.15, 0.2) is 11.4 Å². The molecule has 108 valence electrons. The van der Waals surface area contributed by atoms with Crippen LogP contribution in [0.2, 0.25) is 0 Å². The van der Waals surface area contributed by atoms with Crippen molar-refractivity contribution in [3.05, 3.63) is 11.4 Å². The molecule has 0 saturated heterocycles. The van der Waals surface area contributed by atoms with Gasteiger partial charge in [-0.25, -0.2) is 4.39 Å². The van der Waals surface area contributed by atoms with Crippen LogP contribution in [0.5, 0.6) is 0 Å². The highest BCUT2D eigenvalue weighted by molar-refractivity contribution is 5.26. The van der Waals surface area contributed by atoms with Crippen molar-refractivity contribution in [2.45, 2.75) is 32.4 Å². The maximum atomic E-state index is 12.6. The van der Waals surface area contributed by atoms with Crippen LogP contribution in [0.3, 0.4) is 0 Å². The van der Waals surface area contributed by atoms with Gasteiger partial charge in [-0.1, -0.05) is 0 Å². The van der Waals surface area contributed by atoms with Crippen molar-refractivity contribution in [2.24, 2.45) is 5.41 Å². The average Bonchev–Trinajstić information content (AvgIpc) is 1.95. The van der Waals surface area contributed by atoms with Crippen molar-refractivity contribution in [3.8, 4) is 0 Å². The van der Waals surface area contributed by atoms with Gasteiger partial charge < -0.3 is 0 Å². The van der Waals surface area contributed by atoms with Crippen LogP contribution in [-0.4, -0.2) is 18.5 Å². The minimum Gasteiger partial charge on any atom is -0.201 e. The fraction of sp³-hybridized carbons (Fsp3) is 0.750. The van der Waals surface area contributed by atoms with Crippen molar-refractivity contribution in [2.75, 3.05) is 0 Å². The van der Waals surface area contributed by atoms with Crippen LogP contribution >= 0.6 is 0 Å². The molecule has 18 heavy (non-hydrogen) atoms. The second-order valence-electron chi connectivity index (χ2n) is 3.81. The molecule has 0 heterocycles. The third-order valence-electron chi connectivity index (χ3n) is 2.09. The number of alkyl halides is 9. The van der Waals surface area contributed by atoms with Gasteiger partial charge in [-0.3, -0.25) is 0 Å². The maximum Gasteiger partial charge on any atom is 0.443 e. The van der Waals surface area contributed by atoms with Crippen molar-refractivity contribution < 1.29 is 43.9 Å². The van der Waals surface area contributed by atoms with Gasteiger partial charge in [0.15, 0.2) is 0 Å². The zero-order valence-corrected chi connectivity index (χ0v) is 8.78. The van der Waals surface area contributed by atoms with Crippen LogP contribution in [0.4, 0.5) is 43.9 Å². The van der Waals surface area contributed by atoms with Gasteiger partial charge in [0, 0.05) is 0 Å². The second-order valence-corrected chi connectivity index (χ2v) is 3.81. The van der Waals surface area contributed by atoms with Crippen molar-refractivity contribution in [1.82, 2.24) is 0 Å². The molecule has 0 aromatic carbocycles. The van der Waals surface area contributed by atoms with E-state index >= 15 is 0 Å². The van der Waals surface area contributed by atoms with Crippen molar-refractivity contribution in [3.63, 3.8) is 0 Å². The summed E-state index contributed by atoms with van der Waals surface area (Å²) in [6.45, 7) is -0.359. The normalized spacial score (nSPS) is 16.7. The molecule has 0 aromatic rings. The first-order chi connectivity index (χ1) is 7.53. The Morgan fingerprint density at radius 1 is 0.667 bits per heavy atom. The van der Waals surface area contributed by atoms with Gasteiger partial charge in [0.05, 0.1) is 11.0 Å². The van der Waals surface area contributed by atoms with E-state index in [0.29, 0.717) is 0 Å². The topological polar surface area (TPSA) is 0 Å². The lowest BCUT2D eigenvalue weighted by molar-refractivity contribution is -0.223. The molecule has 0 radical (unpaired) electrons. The van der Waals surface area contributed by atoms with E-state index in [1.807, 2.05) is 0 Å². The van der Waals surface area contributed by atoms with E-state index in [9.17, 15) is 43.9 Å². The lowest BCUT2D eigenvalue weighted by atomic mass is 9.82. The SMILES string of the molecule is CC(C)(C(=C(F)C(F)(F)F)C(F)(F)F)C(F)(F)F. The number of hydrogen-bond donors (Lipinski definition) is 0. The van der Waals surface area contributed by atoms with Crippen LogP contribution in [0.1, 0.15) is 13.8 Å². The summed E-state index contributed by atoms with van der Waals surface area (Å²) in [5.74, 6) is -3.79. The summed E-state index contributed by atoms with van der Waals surface area (Å²) in [6.07, 6.45) is -17.9. The Kier molecular flexibility index (Phi) is 4.07. The monoisotopic (exact) mass is 292 g/mol. The predicted octanol–water partition coefficient (Wildman–Crippen LogP) is 4.92. The van der Waals surface area contributed by atoms with Crippen LogP contribution in [0, 0.1) is 5.41 Å². The fourth-order valence-corrected chi connectivity index (χ4v) is 1.04. The lowest BCUT2D eigenvalue weighted by Gasteiger charge is -2.32. The minimum absolute atomic E-state index is 0.179. The molecular weight excluding hydrogens is 286 g/mol. The highest BCUT2D eigenvalue weighted by Gasteiger charge is 2.61. The summed E-state index contributed by atoms with van der Waals surface area (Å²) in [4.78, 5) is 0. The van der Waals surface area contributed by atoms with E-state index in [1.165, 1.54) is 0 Å². The summed E-state index contributed by atoms with van der Waals surface area (Å²) >= 11 is 0. The summed E-state index contributed by atoms with van der Waals surface area (Å²) in [7, 11) is 0. The smallest absolute Gasteiger partial charge is 0.201 e. The number of hydrogen-bond acceptors (Lipinski definition) is 0. The molecule has 0 saturated carbocycles. The molecule has 0 spiro atoms. The standard InChI is InChI=1S/C8H6F10/c1-5(2,8(16,17)18)3(6(10,11)12)4(9)7(13,14)15/h1-2H3. The molecular formula is C8H6F10. The molecule has 0 aliphatic carbocycles. The molecule has 0 aliphatic rings. The number of halogens is 10. The van der Waals surface area contributed by atoms with E-state index in [0.717, 1.165) is 0 Å². The largest absolute Gasteiger partial charge is 0.443 e. The van der Waals surface area contributed by atoms with E-state index in [2.05, 4.69) is 0 Å². The van der Waals surface area contributed by atoms with Crippen LogP contribution in [0.25, 0.3) is 0 Å². The first kappa shape index (κ1) is 17.0. The van der Waals surface area contributed by atoms with Gasteiger partial charge in [-0.2, -0.15) is 39.5 Å². The fourth-order valence-electron chi connectivity index (χ4n) is 1.04. The quantitative estimate of drug-likeness (QED) is 0.601. The number of allylic oxidation sites excluding steroid dienone is 2. The Balaban J connectivity index is 6.18. The summed E-state index contributed by atoms with van der Waals surface area (Å²) in [5, 5.41) is 0. The molecule has 0 unspecified atom stereocenters. The summed E-state index contributed by atoms with van der Waals surface area (Å²) < 4.78 is 122. The first-order valence-corrected chi connectivity index (χ1v) is 4.14. The van der Waals surface area contributed by atoms with E-state index < -0.39 is 35.3 Å². The highest BCUT2D eigenvalue weighted by atomic mass is 19.4. The molecule has 0 aliphatic heterocycles. The minimum atomic E-state index is -6.15. The Hall–Kier alpha value is -0.960. The second kappa shape index (κ2) is 4.30. The lowest BCUT2D eigenvalue weighted by Crippen LogP contribution is -2.41. The third-order valence-corrected chi connectivity index (χ3v) is 2.09. The zero-order chi connectivity index (χ0) is 15.2. The summed E-state index contributed by atoms with van der Waals surface area (Å²) in [5.41, 5.74) is -7.32. The Morgan fingerprint density at radius 2 is 1.00 bits per heavy atom. The molecule has 0 bridgehead atoms. The Bertz CT molecular complexity index is 336. The first-order valence-electron chi connectivity index (χ1n) is 4.14. The van der Waals surface area contributed by atoms with E-state index in [-0.39, 0.29) is 13.8 Å². The molecule has 0 aromatic heterocycles. The molecule has 10 heteroatoms. The Labute approximate surface area is 94.3 Å². The van der Waals surface area contributed by atoms with Crippen molar-refractivity contribution in [1.29, 1.82) is 0 Å². The molecule has 0 fully saturated rings. The van der Waals surface area contributed by atoms with Gasteiger partial charge >= 0.3 is 18.5 Å². The van der Waals surface area contributed by atoms with E-state index in [1.54, 1.807) is 0 Å². The van der Waals surface area contributed by atoms with Crippen LogP contribution in [-0.2, 0) is 0 Å². The van der Waals surface area contributed by atoms with Crippen molar-refractivity contribution >= 4 is 0 Å². The third kappa shape index (κ3) is 3.29. The van der Waals surface area contributed by atoms with Crippen LogP contribution < -0.4 is 0 Å². The molecule has 0 atom stereocenters. The van der Waals surface area contributed by atoms with Gasteiger partial charge in [-0.15, -0.1) is 0 Å². The number of rotatable bonds is 1. The molecule has 0 nitrogen and oxygen atoms in total. The van der Waals surface area contributed by atoms with Gasteiger partial charge in [0.1, 0.15) is 0 Å². The van der Waals surface area contributed by atoms with Gasteiger partial charge in [-0.05, 0) is 13.8 Å². The van der Waals surface area contributed by atoms with Gasteiger partial charge in [0.2, 0.25) is 5.83 Å². The Morgan fingerprint density at radius 3 is 1.17 bits per heavy atom. The van der Waals surface area contributed by atoms with Gasteiger partial charge in [0.25, 0.3) is 0 Å². The molecule has 0 rings (SSSR count). The molecule has 0 N–H and O–H groups in total. The summed E-state index contributed by atoms with van der Waals surface area (Å²) in [6, 6.07) is 0. The van der Waals surface area contributed by atoms with E-state index in [4.69, 9.17) is 0 Å².